The van der Waals surface area contributed by atoms with Crippen molar-refractivity contribution in [3.8, 4) is 0 Å². The van der Waals surface area contributed by atoms with Crippen molar-refractivity contribution in [2.75, 3.05) is 37.6 Å². The minimum atomic E-state index is -0.894. The van der Waals surface area contributed by atoms with Crippen LogP contribution in [0.25, 0.3) is 0 Å². The molecule has 3 rings (SSSR count). The molecular weight excluding hydrogens is 390 g/mol. The molecule has 166 valence electrons. The molecule has 0 amide bonds. The first-order valence-corrected chi connectivity index (χ1v) is 11.1. The van der Waals surface area contributed by atoms with Gasteiger partial charge in [-0.05, 0) is 61.6 Å². The number of unbranched alkanes of at least 4 members (excludes halogenated alkanes) is 1. The summed E-state index contributed by atoms with van der Waals surface area (Å²) in [5.74, 6) is -0.894. The zero-order valence-electron chi connectivity index (χ0n) is 18.3. The smallest absolute Gasteiger partial charge is 0.303 e. The molecule has 0 aromatic heterocycles. The number of carboxylic acids is 1. The molecule has 0 bridgehead atoms. The average Bonchev–Trinajstić information content (AvgIpc) is 2.78. The number of oxime groups is 1. The minimum absolute atomic E-state index is 0.0413. The van der Waals surface area contributed by atoms with E-state index in [1.165, 1.54) is 23.2 Å². The lowest BCUT2D eigenvalue weighted by atomic mass is 10.0. The fourth-order valence-electron chi connectivity index (χ4n) is 4.06. The Morgan fingerprint density at radius 3 is 2.39 bits per heavy atom. The Morgan fingerprint density at radius 2 is 1.74 bits per heavy atom. The van der Waals surface area contributed by atoms with E-state index in [1.807, 2.05) is 24.3 Å². The number of anilines is 1. The molecule has 6 heteroatoms. The van der Waals surface area contributed by atoms with Gasteiger partial charge in [0.2, 0.25) is 0 Å². The summed E-state index contributed by atoms with van der Waals surface area (Å²) in [6.07, 6.45) is 3.51. The van der Waals surface area contributed by atoms with E-state index in [4.69, 9.17) is 10.3 Å². The summed E-state index contributed by atoms with van der Waals surface area (Å²) < 4.78 is 0. The lowest BCUT2D eigenvalue weighted by molar-refractivity contribution is -0.136. The van der Waals surface area contributed by atoms with Crippen molar-refractivity contribution in [1.82, 2.24) is 4.90 Å². The van der Waals surface area contributed by atoms with E-state index in [1.54, 1.807) is 0 Å². The van der Waals surface area contributed by atoms with Crippen molar-refractivity contribution >= 4 is 17.4 Å². The van der Waals surface area contributed by atoms with Gasteiger partial charge in [-0.1, -0.05) is 41.6 Å². The Labute approximate surface area is 184 Å². The quantitative estimate of drug-likeness (QED) is 0.259. The maximum atomic E-state index is 10.7. The number of aliphatic carboxylic acids is 1. The maximum absolute atomic E-state index is 10.7. The second-order valence-corrected chi connectivity index (χ2v) is 8.26. The van der Waals surface area contributed by atoms with Gasteiger partial charge in [-0.15, -0.1) is 0 Å². The van der Waals surface area contributed by atoms with E-state index in [0.29, 0.717) is 5.71 Å². The Morgan fingerprint density at radius 1 is 1.00 bits per heavy atom. The monoisotopic (exact) mass is 423 g/mol. The summed E-state index contributed by atoms with van der Waals surface area (Å²) in [6.45, 7) is 7.68. The van der Waals surface area contributed by atoms with Crippen LogP contribution in [0.5, 0.6) is 0 Å². The number of nitrogens with zero attached hydrogens (tertiary/aromatic N) is 3. The maximum Gasteiger partial charge on any atom is 0.303 e. The lowest BCUT2D eigenvalue weighted by Crippen LogP contribution is -2.46. The summed E-state index contributed by atoms with van der Waals surface area (Å²) in [6, 6.07) is 16.7. The first-order valence-electron chi connectivity index (χ1n) is 11.1. The molecule has 1 saturated heterocycles. The van der Waals surface area contributed by atoms with Crippen LogP contribution in [-0.2, 0) is 11.2 Å². The number of carboxylic acid groups (broad SMARTS) is 1. The molecule has 2 aromatic rings. The number of piperazine rings is 1. The van der Waals surface area contributed by atoms with E-state index in [2.05, 4.69) is 46.1 Å². The topological polar surface area (TPSA) is 76.4 Å². The van der Waals surface area contributed by atoms with Gasteiger partial charge in [0.1, 0.15) is 0 Å². The van der Waals surface area contributed by atoms with Crippen molar-refractivity contribution < 1.29 is 15.1 Å². The van der Waals surface area contributed by atoms with E-state index < -0.39 is 5.97 Å². The van der Waals surface area contributed by atoms with Crippen LogP contribution in [0.4, 0.5) is 5.69 Å². The predicted octanol–water partition coefficient (Wildman–Crippen LogP) is 4.18. The Hall–Kier alpha value is -2.86. The van der Waals surface area contributed by atoms with Crippen LogP contribution in [-0.4, -0.2) is 59.6 Å². The third kappa shape index (κ3) is 7.10. The number of hydrogen-bond acceptors (Lipinski definition) is 5. The number of benzene rings is 2. The Balaban J connectivity index is 1.36. The number of carbonyl (C=O) groups is 1. The third-order valence-corrected chi connectivity index (χ3v) is 5.91. The molecule has 6 nitrogen and oxygen atoms in total. The first kappa shape index (κ1) is 22.8. The highest BCUT2D eigenvalue weighted by molar-refractivity contribution is 6.01. The van der Waals surface area contributed by atoms with Crippen molar-refractivity contribution in [2.45, 2.75) is 39.0 Å². The van der Waals surface area contributed by atoms with Crippen molar-refractivity contribution in [1.29, 1.82) is 0 Å². The zero-order valence-corrected chi connectivity index (χ0v) is 18.3. The second kappa shape index (κ2) is 11.5. The van der Waals surface area contributed by atoms with Crippen LogP contribution in [0.1, 0.15) is 42.4 Å². The van der Waals surface area contributed by atoms with Crippen LogP contribution in [0.3, 0.4) is 0 Å². The molecule has 1 heterocycles. The molecular formula is C25H33N3O3. The largest absolute Gasteiger partial charge is 0.481 e. The summed E-state index contributed by atoms with van der Waals surface area (Å²) in [5, 5.41) is 21.2. The number of rotatable bonds is 10. The first-order chi connectivity index (χ1) is 15.0. The fraction of sp³-hybridized carbons (Fsp3) is 0.440. The van der Waals surface area contributed by atoms with Crippen molar-refractivity contribution in [3.05, 3.63) is 65.2 Å². The van der Waals surface area contributed by atoms with Gasteiger partial charge in [0, 0.05) is 38.3 Å². The molecule has 0 aliphatic carbocycles. The molecule has 1 aliphatic rings. The van der Waals surface area contributed by atoms with Crippen LogP contribution < -0.4 is 4.90 Å². The van der Waals surface area contributed by atoms with E-state index in [-0.39, 0.29) is 12.8 Å². The molecule has 0 spiro atoms. The SMILES string of the molecule is Cc1cccc(N2CCN(CCCCc3ccc(/C(CCC(=O)O)=N\O)cc3)CC2)c1. The van der Waals surface area contributed by atoms with Gasteiger partial charge in [0.25, 0.3) is 0 Å². The molecule has 31 heavy (non-hydrogen) atoms. The highest BCUT2D eigenvalue weighted by Crippen LogP contribution is 2.18. The second-order valence-electron chi connectivity index (χ2n) is 8.26. The summed E-state index contributed by atoms with van der Waals surface area (Å²) in [4.78, 5) is 15.8. The van der Waals surface area contributed by atoms with Gasteiger partial charge in [0.05, 0.1) is 12.1 Å². The molecule has 1 aliphatic heterocycles. The van der Waals surface area contributed by atoms with Crippen molar-refractivity contribution in [2.24, 2.45) is 5.16 Å². The summed E-state index contributed by atoms with van der Waals surface area (Å²) in [5.41, 5.74) is 5.09. The standard InChI is InChI=1S/C25H33N3O3/c1-20-5-4-7-23(19-20)28-17-15-27(16-18-28)14-3-2-6-21-8-10-22(11-9-21)24(26-31)12-13-25(29)30/h4-5,7-11,19,31H,2-3,6,12-18H2,1H3,(H,29,30)/b26-24-. The Kier molecular flexibility index (Phi) is 8.47. The average molecular weight is 424 g/mol. The van der Waals surface area contributed by atoms with E-state index in [9.17, 15) is 4.79 Å². The van der Waals surface area contributed by atoms with Gasteiger partial charge in [-0.25, -0.2) is 0 Å². The molecule has 2 N–H and O–H groups in total. The van der Waals surface area contributed by atoms with E-state index >= 15 is 0 Å². The van der Waals surface area contributed by atoms with Gasteiger partial charge >= 0.3 is 5.97 Å². The van der Waals surface area contributed by atoms with Gasteiger partial charge < -0.3 is 15.2 Å². The minimum Gasteiger partial charge on any atom is -0.481 e. The highest BCUT2D eigenvalue weighted by atomic mass is 16.4. The number of hydrogen-bond donors (Lipinski definition) is 2. The van der Waals surface area contributed by atoms with E-state index in [0.717, 1.165) is 51.1 Å². The van der Waals surface area contributed by atoms with Crippen LogP contribution in [0.2, 0.25) is 0 Å². The highest BCUT2D eigenvalue weighted by Gasteiger charge is 2.16. The normalized spacial score (nSPS) is 15.3. The van der Waals surface area contributed by atoms with Crippen LogP contribution in [0.15, 0.2) is 53.7 Å². The fourth-order valence-corrected chi connectivity index (χ4v) is 4.06. The molecule has 1 fully saturated rings. The van der Waals surface area contributed by atoms with Gasteiger partial charge in [-0.3, -0.25) is 9.69 Å². The summed E-state index contributed by atoms with van der Waals surface area (Å²) in [7, 11) is 0. The van der Waals surface area contributed by atoms with Gasteiger partial charge in [-0.2, -0.15) is 0 Å². The molecule has 0 saturated carbocycles. The summed E-state index contributed by atoms with van der Waals surface area (Å²) >= 11 is 0. The number of aryl methyl sites for hydroxylation is 2. The molecule has 0 atom stereocenters. The third-order valence-electron chi connectivity index (χ3n) is 5.91. The van der Waals surface area contributed by atoms with Crippen LogP contribution >= 0.6 is 0 Å². The molecule has 2 aromatic carbocycles. The Bertz CT molecular complexity index is 872. The van der Waals surface area contributed by atoms with Crippen molar-refractivity contribution in [3.63, 3.8) is 0 Å². The van der Waals surface area contributed by atoms with Crippen LogP contribution in [0, 0.1) is 6.92 Å². The van der Waals surface area contributed by atoms with Gasteiger partial charge in [0.15, 0.2) is 0 Å². The lowest BCUT2D eigenvalue weighted by Gasteiger charge is -2.36. The predicted molar refractivity (Wildman–Crippen MR) is 124 cm³/mol. The zero-order chi connectivity index (χ0) is 22.1. The molecule has 0 radical (unpaired) electrons. The molecule has 0 unspecified atom stereocenters.